The number of hydrogen-bond acceptors (Lipinski definition) is 4. The molecule has 0 radical (unpaired) electrons. The van der Waals surface area contributed by atoms with Crippen molar-refractivity contribution in [2.24, 2.45) is 0 Å². The van der Waals surface area contributed by atoms with E-state index in [1.807, 2.05) is 18.2 Å². The van der Waals surface area contributed by atoms with Crippen molar-refractivity contribution in [2.45, 2.75) is 6.54 Å². The zero-order valence-corrected chi connectivity index (χ0v) is 10.8. The Kier molecular flexibility index (Phi) is 4.92. The molecule has 0 aliphatic heterocycles. The molecule has 0 aromatic heterocycles. The molecule has 0 spiro atoms. The summed E-state index contributed by atoms with van der Waals surface area (Å²) in [6.45, 7) is -0.148. The standard InChI is InChI=1S/C11H17NO4S/c1-12(17(14,15)8-7-13)9-10-5-3-4-6-11(10)16-2/h3-6,13H,7-9H2,1-2H3. The molecule has 6 heteroatoms. The van der Waals surface area contributed by atoms with Gasteiger partial charge in [0.1, 0.15) is 5.75 Å². The lowest BCUT2D eigenvalue weighted by Gasteiger charge is -2.18. The molecular formula is C11H17NO4S. The van der Waals surface area contributed by atoms with Gasteiger partial charge in [-0.1, -0.05) is 18.2 Å². The second kappa shape index (κ2) is 6.00. The van der Waals surface area contributed by atoms with E-state index in [-0.39, 0.29) is 18.9 Å². The molecule has 1 aromatic rings. The van der Waals surface area contributed by atoms with Gasteiger partial charge in [0.25, 0.3) is 0 Å². The SMILES string of the molecule is COc1ccccc1CN(C)S(=O)(=O)CCO. The smallest absolute Gasteiger partial charge is 0.216 e. The molecule has 0 aliphatic carbocycles. The van der Waals surface area contributed by atoms with Crippen LogP contribution in [0.25, 0.3) is 0 Å². The maximum absolute atomic E-state index is 11.7. The molecule has 0 aliphatic rings. The average Bonchev–Trinajstić information content (AvgIpc) is 2.29. The maximum Gasteiger partial charge on any atom is 0.216 e. The van der Waals surface area contributed by atoms with Crippen LogP contribution in [0.1, 0.15) is 5.56 Å². The van der Waals surface area contributed by atoms with E-state index in [0.717, 1.165) is 5.56 Å². The van der Waals surface area contributed by atoms with Gasteiger partial charge in [0.2, 0.25) is 10.0 Å². The van der Waals surface area contributed by atoms with Crippen LogP contribution in [-0.2, 0) is 16.6 Å². The van der Waals surface area contributed by atoms with Gasteiger partial charge in [-0.3, -0.25) is 0 Å². The fourth-order valence-corrected chi connectivity index (χ4v) is 2.32. The lowest BCUT2D eigenvalue weighted by molar-refractivity contribution is 0.315. The lowest BCUT2D eigenvalue weighted by Crippen LogP contribution is -2.30. The Balaban J connectivity index is 2.84. The van der Waals surface area contributed by atoms with Gasteiger partial charge in [0, 0.05) is 19.2 Å². The minimum atomic E-state index is -3.41. The Labute approximate surface area is 102 Å². The third-order valence-corrected chi connectivity index (χ3v) is 4.19. The number of aliphatic hydroxyl groups excluding tert-OH is 1. The van der Waals surface area contributed by atoms with Gasteiger partial charge in [0.15, 0.2) is 0 Å². The molecule has 5 nitrogen and oxygen atoms in total. The second-order valence-corrected chi connectivity index (χ2v) is 5.80. The highest BCUT2D eigenvalue weighted by Crippen LogP contribution is 2.19. The first-order chi connectivity index (χ1) is 8.01. The van der Waals surface area contributed by atoms with E-state index in [0.29, 0.717) is 5.75 Å². The minimum Gasteiger partial charge on any atom is -0.496 e. The molecule has 0 saturated heterocycles. The van der Waals surface area contributed by atoms with E-state index in [1.54, 1.807) is 13.2 Å². The number of nitrogens with zero attached hydrogens (tertiary/aromatic N) is 1. The molecule has 0 saturated carbocycles. The van der Waals surface area contributed by atoms with Crippen LogP contribution in [-0.4, -0.2) is 44.3 Å². The number of benzene rings is 1. The predicted octanol–water partition coefficient (Wildman–Crippen LogP) is 0.449. The first-order valence-corrected chi connectivity index (χ1v) is 6.79. The van der Waals surface area contributed by atoms with Gasteiger partial charge < -0.3 is 9.84 Å². The summed E-state index contributed by atoms with van der Waals surface area (Å²) in [7, 11) is -0.379. The fraction of sp³-hybridized carbons (Fsp3) is 0.455. The van der Waals surface area contributed by atoms with Crippen molar-refractivity contribution < 1.29 is 18.3 Å². The number of para-hydroxylation sites is 1. The highest BCUT2D eigenvalue weighted by Gasteiger charge is 2.18. The summed E-state index contributed by atoms with van der Waals surface area (Å²) in [5, 5.41) is 8.69. The Morgan fingerprint density at radius 2 is 2.00 bits per heavy atom. The third kappa shape index (κ3) is 3.69. The molecule has 96 valence electrons. The molecule has 0 heterocycles. The van der Waals surface area contributed by atoms with Gasteiger partial charge in [0.05, 0.1) is 19.5 Å². The van der Waals surface area contributed by atoms with Gasteiger partial charge >= 0.3 is 0 Å². The molecule has 1 aromatic carbocycles. The van der Waals surface area contributed by atoms with Crippen molar-refractivity contribution in [3.05, 3.63) is 29.8 Å². The van der Waals surface area contributed by atoms with Crippen LogP contribution >= 0.6 is 0 Å². The van der Waals surface area contributed by atoms with Crippen LogP contribution in [0.4, 0.5) is 0 Å². The average molecular weight is 259 g/mol. The number of aliphatic hydroxyl groups is 1. The molecule has 1 rings (SSSR count). The van der Waals surface area contributed by atoms with Gasteiger partial charge in [-0.25, -0.2) is 12.7 Å². The molecule has 0 unspecified atom stereocenters. The lowest BCUT2D eigenvalue weighted by atomic mass is 10.2. The highest BCUT2D eigenvalue weighted by atomic mass is 32.2. The predicted molar refractivity (Wildman–Crippen MR) is 65.3 cm³/mol. The number of methoxy groups -OCH3 is 1. The van der Waals surface area contributed by atoms with E-state index in [9.17, 15) is 8.42 Å². The Hall–Kier alpha value is -1.11. The monoisotopic (exact) mass is 259 g/mol. The summed E-state index contributed by atoms with van der Waals surface area (Å²) in [6.07, 6.45) is 0. The zero-order chi connectivity index (χ0) is 12.9. The molecule has 1 N–H and O–H groups in total. The Morgan fingerprint density at radius 3 is 2.59 bits per heavy atom. The van der Waals surface area contributed by atoms with Crippen LogP contribution in [0.5, 0.6) is 5.75 Å². The molecule has 0 bridgehead atoms. The van der Waals surface area contributed by atoms with E-state index >= 15 is 0 Å². The first-order valence-electron chi connectivity index (χ1n) is 5.18. The molecule has 0 atom stereocenters. The van der Waals surface area contributed by atoms with Crippen molar-refractivity contribution in [1.29, 1.82) is 0 Å². The number of ether oxygens (including phenoxy) is 1. The quantitative estimate of drug-likeness (QED) is 0.805. The molecular weight excluding hydrogens is 242 g/mol. The summed E-state index contributed by atoms with van der Waals surface area (Å²) in [6, 6.07) is 7.24. The minimum absolute atomic E-state index is 0.229. The highest BCUT2D eigenvalue weighted by molar-refractivity contribution is 7.89. The normalized spacial score (nSPS) is 11.8. The van der Waals surface area contributed by atoms with Crippen molar-refractivity contribution in [2.75, 3.05) is 26.5 Å². The molecule has 0 amide bonds. The fourth-order valence-electron chi connectivity index (χ4n) is 1.44. The first kappa shape index (κ1) is 14.0. The van der Waals surface area contributed by atoms with E-state index in [2.05, 4.69) is 0 Å². The van der Waals surface area contributed by atoms with Crippen LogP contribution in [0.3, 0.4) is 0 Å². The van der Waals surface area contributed by atoms with E-state index in [1.165, 1.54) is 11.4 Å². The zero-order valence-electron chi connectivity index (χ0n) is 9.96. The van der Waals surface area contributed by atoms with Crippen molar-refractivity contribution in [3.63, 3.8) is 0 Å². The van der Waals surface area contributed by atoms with Crippen molar-refractivity contribution >= 4 is 10.0 Å². The van der Waals surface area contributed by atoms with Gasteiger partial charge in [-0.15, -0.1) is 0 Å². The van der Waals surface area contributed by atoms with E-state index in [4.69, 9.17) is 9.84 Å². The molecule has 17 heavy (non-hydrogen) atoms. The maximum atomic E-state index is 11.7. The van der Waals surface area contributed by atoms with Crippen molar-refractivity contribution in [1.82, 2.24) is 4.31 Å². The van der Waals surface area contributed by atoms with Crippen LogP contribution in [0.2, 0.25) is 0 Å². The van der Waals surface area contributed by atoms with Crippen LogP contribution in [0, 0.1) is 0 Å². The Morgan fingerprint density at radius 1 is 1.35 bits per heavy atom. The summed E-state index contributed by atoms with van der Waals surface area (Å²) in [5.41, 5.74) is 0.791. The van der Waals surface area contributed by atoms with Gasteiger partial charge in [-0.2, -0.15) is 0 Å². The Bertz CT molecular complexity index is 458. The summed E-state index contributed by atoms with van der Waals surface area (Å²) >= 11 is 0. The van der Waals surface area contributed by atoms with Crippen molar-refractivity contribution in [3.8, 4) is 5.75 Å². The topological polar surface area (TPSA) is 66.8 Å². The third-order valence-electron chi connectivity index (χ3n) is 2.41. The second-order valence-electron chi connectivity index (χ2n) is 3.61. The van der Waals surface area contributed by atoms with Crippen LogP contribution in [0.15, 0.2) is 24.3 Å². The molecule has 0 fully saturated rings. The summed E-state index contributed by atoms with van der Waals surface area (Å²) < 4.78 is 29.7. The number of sulfonamides is 1. The largest absolute Gasteiger partial charge is 0.496 e. The number of hydrogen-bond donors (Lipinski definition) is 1. The van der Waals surface area contributed by atoms with Crippen LogP contribution < -0.4 is 4.74 Å². The summed E-state index contributed by atoms with van der Waals surface area (Å²) in [4.78, 5) is 0. The van der Waals surface area contributed by atoms with Gasteiger partial charge in [-0.05, 0) is 6.07 Å². The number of rotatable bonds is 6. The summed E-state index contributed by atoms with van der Waals surface area (Å²) in [5.74, 6) is 0.386. The van der Waals surface area contributed by atoms with E-state index < -0.39 is 10.0 Å².